The van der Waals surface area contributed by atoms with Crippen LogP contribution in [0.15, 0.2) is 102 Å². The van der Waals surface area contributed by atoms with E-state index in [9.17, 15) is 8.42 Å². The van der Waals surface area contributed by atoms with Gasteiger partial charge in [0.15, 0.2) is 0 Å². The van der Waals surface area contributed by atoms with Crippen molar-refractivity contribution >= 4 is 78.0 Å². The van der Waals surface area contributed by atoms with Crippen LogP contribution < -0.4 is 5.32 Å². The molecule has 0 aliphatic carbocycles. The monoisotopic (exact) mass is 768 g/mol. The van der Waals surface area contributed by atoms with Crippen LogP contribution in [0.4, 0.5) is 0 Å². The highest BCUT2D eigenvalue weighted by Crippen LogP contribution is 2.31. The van der Waals surface area contributed by atoms with Gasteiger partial charge in [0, 0.05) is 53.6 Å². The topological polar surface area (TPSA) is 75.2 Å². The number of nitrogens with one attached hydrogen (secondary N) is 1. The van der Waals surface area contributed by atoms with Gasteiger partial charge in [-0.25, -0.2) is 18.4 Å². The van der Waals surface area contributed by atoms with Crippen LogP contribution in [0.1, 0.15) is 41.7 Å². The first-order valence-electron chi connectivity index (χ1n) is 16.1. The Morgan fingerprint density at radius 2 is 1.18 bits per heavy atom. The first-order chi connectivity index (χ1) is 23.9. The van der Waals surface area contributed by atoms with Crippen molar-refractivity contribution < 1.29 is 8.42 Å². The van der Waals surface area contributed by atoms with E-state index in [2.05, 4.69) is 53.4 Å². The molecule has 0 saturated heterocycles. The fourth-order valence-electron chi connectivity index (χ4n) is 5.17. The molecule has 262 valence electrons. The molecule has 0 radical (unpaired) electrons. The molecule has 11 heteroatoms. The molecule has 0 bridgehead atoms. The molecule has 0 fully saturated rings. The summed E-state index contributed by atoms with van der Waals surface area (Å²) in [5, 5.41) is 8.16. The molecule has 0 saturated carbocycles. The highest BCUT2D eigenvalue weighted by molar-refractivity contribution is 7.89. The summed E-state index contributed by atoms with van der Waals surface area (Å²) in [7, 11) is -3.68. The molecular weight excluding hydrogens is 730 g/mol. The summed E-state index contributed by atoms with van der Waals surface area (Å²) in [6.45, 7) is 12.8. The van der Waals surface area contributed by atoms with Gasteiger partial charge in [0.1, 0.15) is 10.3 Å². The van der Waals surface area contributed by atoms with Crippen molar-refractivity contribution in [3.8, 4) is 0 Å². The third-order valence-electron chi connectivity index (χ3n) is 8.13. The van der Waals surface area contributed by atoms with E-state index in [1.807, 2.05) is 63.2 Å². The van der Waals surface area contributed by atoms with Crippen LogP contribution in [0, 0.1) is 20.8 Å². The van der Waals surface area contributed by atoms with E-state index in [1.165, 1.54) is 27.7 Å². The second kappa shape index (κ2) is 18.3. The van der Waals surface area contributed by atoms with Gasteiger partial charge in [-0.3, -0.25) is 0 Å². The van der Waals surface area contributed by atoms with E-state index >= 15 is 0 Å². The van der Waals surface area contributed by atoms with Gasteiger partial charge in [-0.1, -0.05) is 133 Å². The number of halogens is 4. The second-order valence-electron chi connectivity index (χ2n) is 11.6. The molecule has 0 atom stereocenters. The van der Waals surface area contributed by atoms with Crippen molar-refractivity contribution in [1.82, 2.24) is 19.6 Å². The number of hydrogen-bond donors (Lipinski definition) is 1. The van der Waals surface area contributed by atoms with Crippen molar-refractivity contribution in [2.45, 2.75) is 52.6 Å². The number of rotatable bonds is 8. The Labute approximate surface area is 315 Å². The number of hydrogen-bond acceptors (Lipinski definition) is 5. The van der Waals surface area contributed by atoms with E-state index in [-0.39, 0.29) is 10.0 Å². The fourth-order valence-corrected chi connectivity index (χ4v) is 7.46. The number of fused-ring (bicyclic) bond motifs is 2. The Bertz CT molecular complexity index is 2200. The molecule has 2 heterocycles. The van der Waals surface area contributed by atoms with Crippen LogP contribution in [0.2, 0.25) is 20.4 Å². The van der Waals surface area contributed by atoms with Gasteiger partial charge in [-0.2, -0.15) is 4.31 Å². The van der Waals surface area contributed by atoms with E-state index in [1.54, 1.807) is 18.3 Å². The van der Waals surface area contributed by atoms with Crippen molar-refractivity contribution in [1.29, 1.82) is 0 Å². The normalized spacial score (nSPS) is 11.2. The summed E-state index contributed by atoms with van der Waals surface area (Å²) in [5.41, 5.74) is 5.95. The summed E-state index contributed by atoms with van der Waals surface area (Å²) in [4.78, 5) is 8.15. The molecule has 0 aliphatic heterocycles. The number of benzene rings is 4. The van der Waals surface area contributed by atoms with Crippen molar-refractivity contribution in [2.75, 3.05) is 13.1 Å². The number of aryl methyl sites for hydroxylation is 3. The van der Waals surface area contributed by atoms with Crippen LogP contribution in [-0.2, 0) is 23.1 Å². The molecule has 0 spiro atoms. The predicted octanol–water partition coefficient (Wildman–Crippen LogP) is 11.0. The zero-order chi connectivity index (χ0) is 36.4. The zero-order valence-corrected chi connectivity index (χ0v) is 32.5. The summed E-state index contributed by atoms with van der Waals surface area (Å²) >= 11 is 24.2. The smallest absolute Gasteiger partial charge is 0.243 e. The summed E-state index contributed by atoms with van der Waals surface area (Å²) < 4.78 is 27.7. The average molecular weight is 771 g/mol. The van der Waals surface area contributed by atoms with Crippen LogP contribution in [0.3, 0.4) is 0 Å². The van der Waals surface area contributed by atoms with E-state index < -0.39 is 10.0 Å². The zero-order valence-electron chi connectivity index (χ0n) is 28.6. The lowest BCUT2D eigenvalue weighted by molar-refractivity contribution is 0.423. The minimum absolute atomic E-state index is 0.173. The van der Waals surface area contributed by atoms with Crippen LogP contribution in [0.25, 0.3) is 21.5 Å². The first kappa shape index (κ1) is 39.5. The Balaban J connectivity index is 0.000000194. The fraction of sp³-hybridized carbons (Fsp3) is 0.231. The van der Waals surface area contributed by atoms with Crippen molar-refractivity contribution in [3.63, 3.8) is 0 Å². The lowest BCUT2D eigenvalue weighted by Crippen LogP contribution is -2.30. The van der Waals surface area contributed by atoms with Crippen LogP contribution in [-0.4, -0.2) is 35.8 Å². The number of aromatic nitrogens is 2. The van der Waals surface area contributed by atoms with Crippen molar-refractivity contribution in [3.05, 3.63) is 145 Å². The molecule has 6 rings (SSSR count). The van der Waals surface area contributed by atoms with Gasteiger partial charge in [0.2, 0.25) is 10.0 Å². The Kier molecular flexibility index (Phi) is 14.5. The van der Waals surface area contributed by atoms with Crippen LogP contribution >= 0.6 is 46.4 Å². The van der Waals surface area contributed by atoms with Gasteiger partial charge in [-0.15, -0.1) is 0 Å². The van der Waals surface area contributed by atoms with Gasteiger partial charge in [0.25, 0.3) is 0 Å². The van der Waals surface area contributed by atoms with E-state index in [0.717, 1.165) is 40.6 Å². The van der Waals surface area contributed by atoms with Crippen molar-refractivity contribution in [2.24, 2.45) is 0 Å². The largest absolute Gasteiger partial charge is 0.313 e. The molecule has 4 aromatic carbocycles. The molecule has 2 aromatic heterocycles. The SMILES string of the molecule is CCN(Cc1ccccc1C)S(=O)(=O)c1ccc2c(Cl)cnc(Cl)c2c1.CCNCc1ccccc1C.Cc1ccc2c(Cl)cnc(Cl)c2c1. The molecule has 6 aromatic rings. The summed E-state index contributed by atoms with van der Waals surface area (Å²) in [6.07, 6.45) is 3.03. The lowest BCUT2D eigenvalue weighted by Gasteiger charge is -2.22. The third-order valence-corrected chi connectivity index (χ3v) is 11.3. The maximum absolute atomic E-state index is 13.1. The number of pyridine rings is 2. The molecule has 6 nitrogen and oxygen atoms in total. The third kappa shape index (κ3) is 9.95. The Morgan fingerprint density at radius 3 is 1.72 bits per heavy atom. The maximum Gasteiger partial charge on any atom is 0.243 e. The molecule has 0 unspecified atom stereocenters. The molecule has 1 N–H and O–H groups in total. The minimum atomic E-state index is -3.68. The van der Waals surface area contributed by atoms with E-state index in [4.69, 9.17) is 46.4 Å². The molecule has 0 amide bonds. The Hall–Kier alpha value is -3.27. The molecular formula is C39H40Cl4N4O2S. The van der Waals surface area contributed by atoms with Gasteiger partial charge in [-0.05, 0) is 67.8 Å². The second-order valence-corrected chi connectivity index (χ2v) is 15.1. The lowest BCUT2D eigenvalue weighted by atomic mass is 10.1. The quantitative estimate of drug-likeness (QED) is 0.156. The number of nitrogens with zero attached hydrogens (tertiary/aromatic N) is 3. The Morgan fingerprint density at radius 1 is 0.660 bits per heavy atom. The molecule has 50 heavy (non-hydrogen) atoms. The highest BCUT2D eigenvalue weighted by atomic mass is 35.5. The number of sulfonamides is 1. The first-order valence-corrected chi connectivity index (χ1v) is 19.1. The highest BCUT2D eigenvalue weighted by Gasteiger charge is 2.24. The van der Waals surface area contributed by atoms with E-state index in [0.29, 0.717) is 39.1 Å². The maximum atomic E-state index is 13.1. The van der Waals surface area contributed by atoms with Gasteiger partial charge >= 0.3 is 0 Å². The van der Waals surface area contributed by atoms with Gasteiger partial charge in [0.05, 0.1) is 14.9 Å². The predicted molar refractivity (Wildman–Crippen MR) is 211 cm³/mol. The molecule has 0 aliphatic rings. The van der Waals surface area contributed by atoms with Crippen LogP contribution in [0.5, 0.6) is 0 Å². The standard InChI is InChI=1S/C19H18Cl2N2O2S.C10H7Cl2N.C10H15N/c1-3-23(12-14-7-5-4-6-13(14)2)26(24,25)15-8-9-16-17(10-15)19(21)22-11-18(16)20;1-6-2-3-7-8(4-6)10(12)13-5-9(7)11;1-3-11-8-10-7-5-4-6-9(10)2/h4-11H,3,12H2,1-2H3;2-5H,1H3;4-7,11H,3,8H2,1-2H3. The average Bonchev–Trinajstić information content (AvgIpc) is 3.11. The summed E-state index contributed by atoms with van der Waals surface area (Å²) in [6, 6.07) is 26.9. The summed E-state index contributed by atoms with van der Waals surface area (Å²) in [5.74, 6) is 0. The minimum Gasteiger partial charge on any atom is -0.313 e. The van der Waals surface area contributed by atoms with Gasteiger partial charge < -0.3 is 5.32 Å².